The highest BCUT2D eigenvalue weighted by Gasteiger charge is 2.17. The van der Waals surface area contributed by atoms with Gasteiger partial charge in [-0.1, -0.05) is 18.2 Å². The van der Waals surface area contributed by atoms with Gasteiger partial charge in [-0.2, -0.15) is 0 Å². The summed E-state index contributed by atoms with van der Waals surface area (Å²) in [6, 6.07) is 10.7. The van der Waals surface area contributed by atoms with Crippen molar-refractivity contribution in [3.05, 3.63) is 30.3 Å². The Bertz CT molecular complexity index is 361. The lowest BCUT2D eigenvalue weighted by atomic mass is 10.00. The maximum absolute atomic E-state index is 6.02. The van der Waals surface area contributed by atoms with Crippen LogP contribution in [0.15, 0.2) is 30.3 Å². The van der Waals surface area contributed by atoms with Crippen LogP contribution in [0.2, 0.25) is 0 Å². The standard InChI is InChI=1S/C16H27N3/c1-16(2,17)9-6-10-18-11-13-19(14-12-18)15-7-4-3-5-8-15/h3-5,7-8H,6,9-14,17H2,1-2H3. The van der Waals surface area contributed by atoms with Crippen LogP contribution in [-0.2, 0) is 0 Å². The molecule has 1 aliphatic heterocycles. The summed E-state index contributed by atoms with van der Waals surface area (Å²) in [5.41, 5.74) is 7.35. The Morgan fingerprint density at radius 2 is 1.68 bits per heavy atom. The maximum atomic E-state index is 6.02. The van der Waals surface area contributed by atoms with E-state index < -0.39 is 0 Å². The van der Waals surface area contributed by atoms with Crippen molar-refractivity contribution in [2.24, 2.45) is 5.73 Å². The van der Waals surface area contributed by atoms with Gasteiger partial charge in [0.15, 0.2) is 0 Å². The molecule has 106 valence electrons. The second kappa shape index (κ2) is 6.40. The number of hydrogen-bond acceptors (Lipinski definition) is 3. The Kier molecular flexibility index (Phi) is 4.83. The summed E-state index contributed by atoms with van der Waals surface area (Å²) in [6.45, 7) is 10.0. The lowest BCUT2D eigenvalue weighted by molar-refractivity contribution is 0.245. The number of rotatable bonds is 5. The number of nitrogens with two attached hydrogens (primary N) is 1. The molecule has 3 heteroatoms. The van der Waals surface area contributed by atoms with Gasteiger partial charge in [-0.15, -0.1) is 0 Å². The van der Waals surface area contributed by atoms with Gasteiger partial charge >= 0.3 is 0 Å². The molecular weight excluding hydrogens is 234 g/mol. The Hall–Kier alpha value is -1.06. The van der Waals surface area contributed by atoms with E-state index in [1.807, 2.05) is 0 Å². The second-order valence-corrected chi connectivity index (χ2v) is 6.26. The highest BCUT2D eigenvalue weighted by Crippen LogP contribution is 2.16. The molecule has 0 bridgehead atoms. The number of piperazine rings is 1. The quantitative estimate of drug-likeness (QED) is 0.883. The van der Waals surface area contributed by atoms with Gasteiger partial charge in [-0.3, -0.25) is 4.90 Å². The van der Waals surface area contributed by atoms with E-state index in [1.54, 1.807) is 0 Å². The third-order valence-electron chi connectivity index (χ3n) is 3.79. The van der Waals surface area contributed by atoms with Gasteiger partial charge in [0.25, 0.3) is 0 Å². The summed E-state index contributed by atoms with van der Waals surface area (Å²) >= 11 is 0. The number of hydrogen-bond donors (Lipinski definition) is 1. The largest absolute Gasteiger partial charge is 0.369 e. The van der Waals surface area contributed by atoms with Crippen molar-refractivity contribution < 1.29 is 0 Å². The van der Waals surface area contributed by atoms with Crippen LogP contribution < -0.4 is 10.6 Å². The molecule has 0 aliphatic carbocycles. The average Bonchev–Trinajstić information content (AvgIpc) is 2.39. The third-order valence-corrected chi connectivity index (χ3v) is 3.79. The summed E-state index contributed by atoms with van der Waals surface area (Å²) in [4.78, 5) is 5.04. The number of para-hydroxylation sites is 1. The third kappa shape index (κ3) is 4.84. The molecule has 2 rings (SSSR count). The topological polar surface area (TPSA) is 32.5 Å². The fraction of sp³-hybridized carbons (Fsp3) is 0.625. The molecule has 0 aromatic heterocycles. The highest BCUT2D eigenvalue weighted by molar-refractivity contribution is 5.46. The average molecular weight is 261 g/mol. The molecule has 0 saturated carbocycles. The Labute approximate surface area is 117 Å². The molecule has 2 N–H and O–H groups in total. The van der Waals surface area contributed by atoms with E-state index in [2.05, 4.69) is 54.0 Å². The smallest absolute Gasteiger partial charge is 0.0367 e. The second-order valence-electron chi connectivity index (χ2n) is 6.26. The lowest BCUT2D eigenvalue weighted by Crippen LogP contribution is -2.47. The van der Waals surface area contributed by atoms with Crippen LogP contribution in [0.3, 0.4) is 0 Å². The Balaban J connectivity index is 1.71. The van der Waals surface area contributed by atoms with E-state index in [-0.39, 0.29) is 5.54 Å². The highest BCUT2D eigenvalue weighted by atomic mass is 15.3. The van der Waals surface area contributed by atoms with Crippen LogP contribution in [0.5, 0.6) is 0 Å². The van der Waals surface area contributed by atoms with Gasteiger partial charge in [0.1, 0.15) is 0 Å². The predicted octanol–water partition coefficient (Wildman–Crippen LogP) is 2.33. The molecule has 1 aliphatic rings. The van der Waals surface area contributed by atoms with Crippen molar-refractivity contribution in [1.29, 1.82) is 0 Å². The molecule has 1 aromatic rings. The fourth-order valence-electron chi connectivity index (χ4n) is 2.63. The van der Waals surface area contributed by atoms with Crippen LogP contribution >= 0.6 is 0 Å². The Morgan fingerprint density at radius 3 is 2.26 bits per heavy atom. The Morgan fingerprint density at radius 1 is 1.05 bits per heavy atom. The van der Waals surface area contributed by atoms with Crippen LogP contribution in [0.25, 0.3) is 0 Å². The molecule has 1 heterocycles. The molecule has 0 spiro atoms. The van der Waals surface area contributed by atoms with E-state index in [9.17, 15) is 0 Å². The number of anilines is 1. The fourth-order valence-corrected chi connectivity index (χ4v) is 2.63. The SMILES string of the molecule is CC(C)(N)CCCN1CCN(c2ccccc2)CC1. The van der Waals surface area contributed by atoms with E-state index in [0.717, 1.165) is 19.5 Å². The monoisotopic (exact) mass is 261 g/mol. The zero-order valence-corrected chi connectivity index (χ0v) is 12.3. The molecule has 0 amide bonds. The lowest BCUT2D eigenvalue weighted by Gasteiger charge is -2.36. The van der Waals surface area contributed by atoms with Gasteiger partial charge in [0, 0.05) is 37.4 Å². The van der Waals surface area contributed by atoms with Crippen molar-refractivity contribution in [3.8, 4) is 0 Å². The molecule has 1 aromatic carbocycles. The minimum atomic E-state index is -0.0220. The molecule has 1 saturated heterocycles. The maximum Gasteiger partial charge on any atom is 0.0367 e. The summed E-state index contributed by atoms with van der Waals surface area (Å²) in [5.74, 6) is 0. The summed E-state index contributed by atoms with van der Waals surface area (Å²) in [7, 11) is 0. The van der Waals surface area contributed by atoms with Gasteiger partial charge in [-0.05, 0) is 45.4 Å². The van der Waals surface area contributed by atoms with Crippen LogP contribution in [-0.4, -0.2) is 43.2 Å². The normalized spacial score (nSPS) is 17.7. The van der Waals surface area contributed by atoms with E-state index in [1.165, 1.54) is 31.7 Å². The van der Waals surface area contributed by atoms with Gasteiger partial charge in [-0.25, -0.2) is 0 Å². The molecule has 0 unspecified atom stereocenters. The molecule has 3 nitrogen and oxygen atoms in total. The minimum absolute atomic E-state index is 0.0220. The first-order chi connectivity index (χ1) is 9.04. The summed E-state index contributed by atoms with van der Waals surface area (Å²) in [6.07, 6.45) is 2.31. The predicted molar refractivity (Wildman–Crippen MR) is 82.6 cm³/mol. The summed E-state index contributed by atoms with van der Waals surface area (Å²) < 4.78 is 0. The summed E-state index contributed by atoms with van der Waals surface area (Å²) in [5, 5.41) is 0. The van der Waals surface area contributed by atoms with Crippen LogP contribution in [0, 0.1) is 0 Å². The zero-order chi connectivity index (χ0) is 13.7. The minimum Gasteiger partial charge on any atom is -0.369 e. The van der Waals surface area contributed by atoms with Crippen LogP contribution in [0.1, 0.15) is 26.7 Å². The van der Waals surface area contributed by atoms with Crippen molar-refractivity contribution >= 4 is 5.69 Å². The molecule has 0 radical (unpaired) electrons. The molecule has 19 heavy (non-hydrogen) atoms. The first kappa shape index (κ1) is 14.4. The van der Waals surface area contributed by atoms with Crippen molar-refractivity contribution in [3.63, 3.8) is 0 Å². The molecule has 1 fully saturated rings. The van der Waals surface area contributed by atoms with Crippen molar-refractivity contribution in [1.82, 2.24) is 4.90 Å². The van der Waals surface area contributed by atoms with E-state index in [0.29, 0.717) is 0 Å². The van der Waals surface area contributed by atoms with Crippen molar-refractivity contribution in [2.75, 3.05) is 37.6 Å². The zero-order valence-electron chi connectivity index (χ0n) is 12.3. The van der Waals surface area contributed by atoms with Crippen molar-refractivity contribution in [2.45, 2.75) is 32.2 Å². The number of nitrogens with zero attached hydrogens (tertiary/aromatic N) is 2. The number of benzene rings is 1. The molecular formula is C16H27N3. The van der Waals surface area contributed by atoms with Gasteiger partial charge < -0.3 is 10.6 Å². The van der Waals surface area contributed by atoms with Gasteiger partial charge in [0.2, 0.25) is 0 Å². The van der Waals surface area contributed by atoms with E-state index in [4.69, 9.17) is 5.73 Å². The first-order valence-corrected chi connectivity index (χ1v) is 7.36. The van der Waals surface area contributed by atoms with E-state index >= 15 is 0 Å². The van der Waals surface area contributed by atoms with Crippen LogP contribution in [0.4, 0.5) is 5.69 Å². The first-order valence-electron chi connectivity index (χ1n) is 7.36. The van der Waals surface area contributed by atoms with Gasteiger partial charge in [0.05, 0.1) is 0 Å². The molecule has 0 atom stereocenters.